The van der Waals surface area contributed by atoms with E-state index < -0.39 is 5.97 Å². The summed E-state index contributed by atoms with van der Waals surface area (Å²) in [6.45, 7) is 2.19. The summed E-state index contributed by atoms with van der Waals surface area (Å²) in [4.78, 5) is 23.8. The molecule has 2 rings (SSSR count). The van der Waals surface area contributed by atoms with Gasteiger partial charge >= 0.3 is 5.97 Å². The van der Waals surface area contributed by atoms with Gasteiger partial charge in [-0.25, -0.2) is 4.79 Å². The van der Waals surface area contributed by atoms with Crippen LogP contribution in [0.2, 0.25) is 0 Å². The molecule has 25 heavy (non-hydrogen) atoms. The van der Waals surface area contributed by atoms with Gasteiger partial charge in [0.05, 0.1) is 14.2 Å². The lowest BCUT2D eigenvalue weighted by Gasteiger charge is -2.12. The number of hydrogen-bond acceptors (Lipinski definition) is 5. The minimum atomic E-state index is -0.544. The van der Waals surface area contributed by atoms with Gasteiger partial charge in [-0.3, -0.25) is 4.79 Å². The predicted octanol–water partition coefficient (Wildman–Crippen LogP) is 2.49. The van der Waals surface area contributed by atoms with Crippen molar-refractivity contribution in [3.05, 3.63) is 59.2 Å². The van der Waals surface area contributed by atoms with E-state index in [2.05, 4.69) is 5.32 Å². The summed E-state index contributed by atoms with van der Waals surface area (Å²) in [5, 5.41) is 2.77. The van der Waals surface area contributed by atoms with Crippen LogP contribution in [-0.4, -0.2) is 32.7 Å². The first kappa shape index (κ1) is 18.3. The number of amides is 1. The van der Waals surface area contributed by atoms with Crippen molar-refractivity contribution in [1.82, 2.24) is 5.32 Å². The largest absolute Gasteiger partial charge is 0.497 e. The number of aryl methyl sites for hydroxylation is 1. The summed E-state index contributed by atoms with van der Waals surface area (Å²) in [7, 11) is 2.79. The molecule has 6 nitrogen and oxygen atoms in total. The maximum atomic E-state index is 12.0. The van der Waals surface area contributed by atoms with Crippen LogP contribution in [0.4, 0.5) is 0 Å². The normalized spacial score (nSPS) is 10.0. The molecule has 0 aliphatic heterocycles. The summed E-state index contributed by atoms with van der Waals surface area (Å²) >= 11 is 0. The molecule has 0 radical (unpaired) electrons. The summed E-state index contributed by atoms with van der Waals surface area (Å²) < 4.78 is 15.3. The Morgan fingerprint density at radius 3 is 2.40 bits per heavy atom. The van der Waals surface area contributed by atoms with Crippen LogP contribution in [0.5, 0.6) is 11.5 Å². The minimum absolute atomic E-state index is 0.219. The fourth-order valence-corrected chi connectivity index (χ4v) is 2.13. The van der Waals surface area contributed by atoms with Crippen molar-refractivity contribution in [1.29, 1.82) is 0 Å². The van der Waals surface area contributed by atoms with Crippen molar-refractivity contribution >= 4 is 11.9 Å². The summed E-state index contributed by atoms with van der Waals surface area (Å²) in [6, 6.07) is 12.6. The number of rotatable bonds is 7. The van der Waals surface area contributed by atoms with Crippen molar-refractivity contribution in [3.63, 3.8) is 0 Å². The number of ether oxygens (including phenoxy) is 3. The van der Waals surface area contributed by atoms with E-state index in [0.717, 1.165) is 11.1 Å². The van der Waals surface area contributed by atoms with E-state index in [9.17, 15) is 9.59 Å². The first-order valence-corrected chi connectivity index (χ1v) is 7.75. The Kier molecular flexibility index (Phi) is 6.39. The average molecular weight is 343 g/mol. The predicted molar refractivity (Wildman–Crippen MR) is 92.9 cm³/mol. The molecular formula is C19H21NO5. The zero-order valence-electron chi connectivity index (χ0n) is 14.5. The third-order valence-electron chi connectivity index (χ3n) is 3.56. The molecule has 0 unspecified atom stereocenters. The second kappa shape index (κ2) is 8.73. The highest BCUT2D eigenvalue weighted by Crippen LogP contribution is 2.25. The maximum absolute atomic E-state index is 12.0. The van der Waals surface area contributed by atoms with Crippen molar-refractivity contribution in [2.75, 3.05) is 20.8 Å². The first-order valence-electron chi connectivity index (χ1n) is 7.75. The molecule has 0 aliphatic rings. The molecule has 1 amide bonds. The molecule has 0 bridgehead atoms. The van der Waals surface area contributed by atoms with Gasteiger partial charge < -0.3 is 19.5 Å². The Hall–Kier alpha value is -3.02. The summed E-state index contributed by atoms with van der Waals surface area (Å²) in [6.07, 6.45) is 0. The van der Waals surface area contributed by atoms with Crippen molar-refractivity contribution in [2.24, 2.45) is 0 Å². The van der Waals surface area contributed by atoms with Gasteiger partial charge in [-0.05, 0) is 24.6 Å². The van der Waals surface area contributed by atoms with Gasteiger partial charge in [-0.15, -0.1) is 0 Å². The lowest BCUT2D eigenvalue weighted by atomic mass is 10.1. The van der Waals surface area contributed by atoms with Gasteiger partial charge in [0, 0.05) is 12.6 Å². The highest BCUT2D eigenvalue weighted by atomic mass is 16.5. The average Bonchev–Trinajstić information content (AvgIpc) is 2.65. The molecule has 0 saturated heterocycles. The Morgan fingerprint density at radius 1 is 1.04 bits per heavy atom. The highest BCUT2D eigenvalue weighted by molar-refractivity contribution is 5.92. The van der Waals surface area contributed by atoms with Crippen LogP contribution >= 0.6 is 0 Å². The minimum Gasteiger partial charge on any atom is -0.497 e. The summed E-state index contributed by atoms with van der Waals surface area (Å²) in [5.41, 5.74) is 2.39. The second-order valence-electron chi connectivity index (χ2n) is 5.40. The van der Waals surface area contributed by atoms with E-state index in [1.165, 1.54) is 20.3 Å². The van der Waals surface area contributed by atoms with E-state index in [1.807, 2.05) is 31.2 Å². The molecule has 0 heterocycles. The quantitative estimate of drug-likeness (QED) is 0.782. The molecular weight excluding hydrogens is 322 g/mol. The molecule has 0 saturated carbocycles. The van der Waals surface area contributed by atoms with Gasteiger partial charge in [-0.1, -0.05) is 29.8 Å². The molecule has 0 fully saturated rings. The molecule has 132 valence electrons. The van der Waals surface area contributed by atoms with E-state index in [1.54, 1.807) is 12.1 Å². The topological polar surface area (TPSA) is 73.9 Å². The van der Waals surface area contributed by atoms with Crippen LogP contribution in [0.3, 0.4) is 0 Å². The Balaban J connectivity index is 1.96. The van der Waals surface area contributed by atoms with Crippen LogP contribution in [0.1, 0.15) is 21.5 Å². The van der Waals surface area contributed by atoms with Crippen LogP contribution < -0.4 is 14.8 Å². The monoisotopic (exact) mass is 343 g/mol. The number of methoxy groups -OCH3 is 2. The number of benzene rings is 2. The third kappa shape index (κ3) is 5.24. The Bertz CT molecular complexity index is 740. The van der Waals surface area contributed by atoms with E-state index in [4.69, 9.17) is 14.2 Å². The van der Waals surface area contributed by atoms with E-state index in [-0.39, 0.29) is 23.8 Å². The van der Waals surface area contributed by atoms with Crippen LogP contribution in [0, 0.1) is 6.92 Å². The van der Waals surface area contributed by atoms with Gasteiger partial charge in [0.2, 0.25) is 0 Å². The van der Waals surface area contributed by atoms with Crippen molar-refractivity contribution in [2.45, 2.75) is 13.5 Å². The molecule has 0 spiro atoms. The Morgan fingerprint density at radius 2 is 1.76 bits per heavy atom. The van der Waals surface area contributed by atoms with E-state index in [0.29, 0.717) is 12.3 Å². The van der Waals surface area contributed by atoms with Crippen LogP contribution in [0.25, 0.3) is 0 Å². The zero-order chi connectivity index (χ0) is 18.2. The van der Waals surface area contributed by atoms with Gasteiger partial charge in [0.25, 0.3) is 5.91 Å². The molecule has 2 aromatic carbocycles. The standard InChI is InChI=1S/C19H21NO5/c1-13-4-6-14(7-5-13)11-20-18(21)12-25-17-10-15(23-2)8-9-16(17)19(22)24-3/h4-10H,11-12H2,1-3H3,(H,20,21). The SMILES string of the molecule is COC(=O)c1ccc(OC)cc1OCC(=O)NCc1ccc(C)cc1. The third-order valence-corrected chi connectivity index (χ3v) is 3.56. The van der Waals surface area contributed by atoms with Crippen LogP contribution in [0.15, 0.2) is 42.5 Å². The molecule has 0 aromatic heterocycles. The number of carbonyl (C=O) groups is 2. The lowest BCUT2D eigenvalue weighted by molar-refractivity contribution is -0.123. The number of nitrogens with one attached hydrogen (secondary N) is 1. The number of carbonyl (C=O) groups excluding carboxylic acids is 2. The molecule has 6 heteroatoms. The smallest absolute Gasteiger partial charge is 0.341 e. The first-order chi connectivity index (χ1) is 12.0. The molecule has 0 atom stereocenters. The molecule has 0 aliphatic carbocycles. The number of esters is 1. The van der Waals surface area contributed by atoms with Crippen molar-refractivity contribution < 1.29 is 23.8 Å². The van der Waals surface area contributed by atoms with Crippen LogP contribution in [-0.2, 0) is 16.1 Å². The Labute approximate surface area is 146 Å². The fraction of sp³-hybridized carbons (Fsp3) is 0.263. The van der Waals surface area contributed by atoms with Gasteiger partial charge in [0.1, 0.15) is 17.1 Å². The highest BCUT2D eigenvalue weighted by Gasteiger charge is 2.15. The van der Waals surface area contributed by atoms with Crippen molar-refractivity contribution in [3.8, 4) is 11.5 Å². The van der Waals surface area contributed by atoms with Gasteiger partial charge in [0.15, 0.2) is 6.61 Å². The van der Waals surface area contributed by atoms with Gasteiger partial charge in [-0.2, -0.15) is 0 Å². The molecule has 2 aromatic rings. The summed E-state index contributed by atoms with van der Waals surface area (Å²) in [5.74, 6) is -0.0867. The fourth-order valence-electron chi connectivity index (χ4n) is 2.13. The molecule has 1 N–H and O–H groups in total. The lowest BCUT2D eigenvalue weighted by Crippen LogP contribution is -2.28. The second-order valence-corrected chi connectivity index (χ2v) is 5.40. The van der Waals surface area contributed by atoms with E-state index >= 15 is 0 Å². The zero-order valence-corrected chi connectivity index (χ0v) is 14.5. The maximum Gasteiger partial charge on any atom is 0.341 e. The number of hydrogen-bond donors (Lipinski definition) is 1.